The highest BCUT2D eigenvalue weighted by Crippen LogP contribution is 2.07. The van der Waals surface area contributed by atoms with Crippen LogP contribution in [0.15, 0.2) is 22.4 Å². The fourth-order valence-electron chi connectivity index (χ4n) is 2.73. The van der Waals surface area contributed by atoms with E-state index in [-0.39, 0.29) is 5.56 Å². The Hall–Kier alpha value is -1.20. The Kier molecular flexibility index (Phi) is 3.18. The molecule has 2 atom stereocenters. The predicted molar refractivity (Wildman–Crippen MR) is 72.2 cm³/mol. The molecule has 1 N–H and O–H groups in total. The van der Waals surface area contributed by atoms with Crippen molar-refractivity contribution in [2.45, 2.75) is 38.8 Å². The highest BCUT2D eigenvalue weighted by atomic mass is 32.1. The summed E-state index contributed by atoms with van der Waals surface area (Å²) in [6.45, 7) is 4.38. The normalized spacial score (nSPS) is 24.5. The number of piperidine rings is 1. The zero-order valence-corrected chi connectivity index (χ0v) is 11.4. The first-order valence-corrected chi connectivity index (χ1v) is 7.42. The fourth-order valence-corrected chi connectivity index (χ4v) is 3.47. The molecule has 1 aliphatic rings. The maximum atomic E-state index is 11.9. The Morgan fingerprint density at radius 3 is 3.28 bits per heavy atom. The summed E-state index contributed by atoms with van der Waals surface area (Å²) in [5.74, 6) is 0. The van der Waals surface area contributed by atoms with Gasteiger partial charge in [-0.05, 0) is 26.2 Å². The van der Waals surface area contributed by atoms with Crippen LogP contribution >= 0.6 is 11.3 Å². The molecule has 5 heteroatoms. The van der Waals surface area contributed by atoms with E-state index in [4.69, 9.17) is 0 Å². The summed E-state index contributed by atoms with van der Waals surface area (Å²) >= 11 is 1.52. The number of hydrogen-bond donors (Lipinski definition) is 1. The lowest BCUT2D eigenvalue weighted by Gasteiger charge is -2.29. The van der Waals surface area contributed by atoms with Crippen molar-refractivity contribution >= 4 is 16.3 Å². The number of nitrogens with zero attached hydrogens (tertiary/aromatic N) is 2. The minimum atomic E-state index is 0.0420. The highest BCUT2D eigenvalue weighted by Gasteiger charge is 2.22. The van der Waals surface area contributed by atoms with Gasteiger partial charge in [0.05, 0.1) is 12.6 Å². The summed E-state index contributed by atoms with van der Waals surface area (Å²) in [4.78, 5) is 18.9. The van der Waals surface area contributed by atoms with Gasteiger partial charge < -0.3 is 4.90 Å². The molecule has 3 heterocycles. The second kappa shape index (κ2) is 4.82. The third-order valence-corrected chi connectivity index (χ3v) is 4.60. The SMILES string of the molecule is C[C@@H]1CCCC[NH+]1Cc1cc(=O)n2ccsc2n1. The number of likely N-dealkylation sites (tertiary alicyclic amines) is 1. The van der Waals surface area contributed by atoms with Gasteiger partial charge >= 0.3 is 0 Å². The minimum Gasteiger partial charge on any atom is -0.328 e. The van der Waals surface area contributed by atoms with E-state index < -0.39 is 0 Å². The van der Waals surface area contributed by atoms with Gasteiger partial charge in [-0.2, -0.15) is 0 Å². The molecule has 18 heavy (non-hydrogen) atoms. The number of nitrogens with one attached hydrogen (secondary N) is 1. The molecule has 96 valence electrons. The maximum absolute atomic E-state index is 11.9. The third-order valence-electron chi connectivity index (χ3n) is 3.85. The van der Waals surface area contributed by atoms with Crippen LogP contribution in [-0.2, 0) is 6.54 Å². The van der Waals surface area contributed by atoms with Crippen LogP contribution in [0.3, 0.4) is 0 Å². The summed E-state index contributed by atoms with van der Waals surface area (Å²) in [5, 5.41) is 1.91. The van der Waals surface area contributed by atoms with Crippen LogP contribution in [0.4, 0.5) is 0 Å². The van der Waals surface area contributed by atoms with Crippen molar-refractivity contribution in [3.8, 4) is 0 Å². The summed E-state index contributed by atoms with van der Waals surface area (Å²) < 4.78 is 1.61. The third kappa shape index (κ3) is 2.20. The van der Waals surface area contributed by atoms with Gasteiger partial charge in [0.15, 0.2) is 4.96 Å². The molecule has 0 aliphatic carbocycles. The first kappa shape index (κ1) is 11.9. The number of rotatable bonds is 2. The van der Waals surface area contributed by atoms with Crippen molar-refractivity contribution in [1.29, 1.82) is 0 Å². The van der Waals surface area contributed by atoms with Gasteiger partial charge in [-0.25, -0.2) is 4.98 Å². The molecule has 2 aromatic heterocycles. The molecule has 0 bridgehead atoms. The van der Waals surface area contributed by atoms with E-state index in [1.807, 2.05) is 5.38 Å². The standard InChI is InChI=1S/C13H17N3OS/c1-10-4-2-3-5-15(10)9-11-8-12(17)16-6-7-18-13(16)14-11/h6-8,10H,2-5,9H2,1H3/p+1/t10-/m1/s1. The van der Waals surface area contributed by atoms with Crippen LogP contribution in [0, 0.1) is 0 Å². The summed E-state index contributed by atoms with van der Waals surface area (Å²) in [6, 6.07) is 2.37. The van der Waals surface area contributed by atoms with E-state index in [2.05, 4.69) is 11.9 Å². The Morgan fingerprint density at radius 2 is 2.44 bits per heavy atom. The average Bonchev–Trinajstić information content (AvgIpc) is 2.81. The molecule has 4 nitrogen and oxygen atoms in total. The number of thiazole rings is 1. The molecule has 0 radical (unpaired) electrons. The molecule has 0 spiro atoms. The highest BCUT2D eigenvalue weighted by molar-refractivity contribution is 7.15. The Labute approximate surface area is 110 Å². The van der Waals surface area contributed by atoms with Gasteiger partial charge in [0.25, 0.3) is 5.56 Å². The summed E-state index contributed by atoms with van der Waals surface area (Å²) in [6.07, 6.45) is 5.70. The van der Waals surface area contributed by atoms with Crippen LogP contribution in [0.5, 0.6) is 0 Å². The lowest BCUT2D eigenvalue weighted by atomic mass is 10.0. The fraction of sp³-hybridized carbons (Fsp3) is 0.538. The van der Waals surface area contributed by atoms with Crippen molar-refractivity contribution in [1.82, 2.24) is 9.38 Å². The summed E-state index contributed by atoms with van der Waals surface area (Å²) in [7, 11) is 0. The smallest absolute Gasteiger partial charge is 0.258 e. The lowest BCUT2D eigenvalue weighted by Crippen LogP contribution is -3.15. The molecule has 0 saturated carbocycles. The van der Waals surface area contributed by atoms with Crippen LogP contribution in [0.2, 0.25) is 0 Å². The van der Waals surface area contributed by atoms with Gasteiger partial charge in [-0.3, -0.25) is 9.20 Å². The number of quaternary nitrogens is 1. The molecule has 0 aromatic carbocycles. The molecule has 1 fully saturated rings. The van der Waals surface area contributed by atoms with Crippen molar-refractivity contribution in [3.05, 3.63) is 33.7 Å². The van der Waals surface area contributed by atoms with Crippen molar-refractivity contribution in [2.75, 3.05) is 6.54 Å². The van der Waals surface area contributed by atoms with Crippen molar-refractivity contribution in [2.24, 2.45) is 0 Å². The number of hydrogen-bond acceptors (Lipinski definition) is 3. The van der Waals surface area contributed by atoms with Crippen LogP contribution in [-0.4, -0.2) is 22.0 Å². The summed E-state index contributed by atoms with van der Waals surface area (Å²) in [5.41, 5.74) is 0.978. The van der Waals surface area contributed by atoms with Gasteiger partial charge in [0.1, 0.15) is 12.2 Å². The first-order valence-electron chi connectivity index (χ1n) is 6.54. The zero-order valence-electron chi connectivity index (χ0n) is 10.6. The first-order chi connectivity index (χ1) is 8.74. The zero-order chi connectivity index (χ0) is 12.5. The Balaban J connectivity index is 1.87. The van der Waals surface area contributed by atoms with E-state index in [1.165, 1.54) is 37.1 Å². The van der Waals surface area contributed by atoms with E-state index in [9.17, 15) is 4.79 Å². The predicted octanol–water partition coefficient (Wildman–Crippen LogP) is 0.713. The van der Waals surface area contributed by atoms with E-state index in [1.54, 1.807) is 21.6 Å². The molecule has 3 rings (SSSR count). The quantitative estimate of drug-likeness (QED) is 0.868. The largest absolute Gasteiger partial charge is 0.328 e. The average molecular weight is 264 g/mol. The number of aromatic nitrogens is 2. The van der Waals surface area contributed by atoms with Crippen molar-refractivity contribution in [3.63, 3.8) is 0 Å². The molecular weight excluding hydrogens is 246 g/mol. The van der Waals surface area contributed by atoms with Gasteiger partial charge in [0, 0.05) is 17.6 Å². The van der Waals surface area contributed by atoms with E-state index >= 15 is 0 Å². The molecule has 2 aromatic rings. The minimum absolute atomic E-state index is 0.0420. The molecule has 1 saturated heterocycles. The van der Waals surface area contributed by atoms with Gasteiger partial charge in [-0.1, -0.05) is 0 Å². The lowest BCUT2D eigenvalue weighted by molar-refractivity contribution is -0.942. The van der Waals surface area contributed by atoms with Gasteiger partial charge in [-0.15, -0.1) is 11.3 Å². The molecule has 1 unspecified atom stereocenters. The second-order valence-electron chi connectivity index (χ2n) is 5.12. The monoisotopic (exact) mass is 264 g/mol. The van der Waals surface area contributed by atoms with Gasteiger partial charge in [0.2, 0.25) is 0 Å². The van der Waals surface area contributed by atoms with Crippen LogP contribution in [0.1, 0.15) is 31.9 Å². The van der Waals surface area contributed by atoms with Crippen LogP contribution < -0.4 is 10.5 Å². The Bertz CT molecular complexity index is 604. The molecule has 0 amide bonds. The van der Waals surface area contributed by atoms with E-state index in [0.717, 1.165) is 17.2 Å². The second-order valence-corrected chi connectivity index (χ2v) is 6.00. The van der Waals surface area contributed by atoms with E-state index in [0.29, 0.717) is 6.04 Å². The van der Waals surface area contributed by atoms with Crippen LogP contribution in [0.25, 0.3) is 4.96 Å². The molecular formula is C13H18N3OS+. The Morgan fingerprint density at radius 1 is 1.56 bits per heavy atom. The molecule has 1 aliphatic heterocycles. The topological polar surface area (TPSA) is 38.8 Å². The maximum Gasteiger partial charge on any atom is 0.258 e. The van der Waals surface area contributed by atoms with Crippen molar-refractivity contribution < 1.29 is 4.90 Å². The number of fused-ring (bicyclic) bond motifs is 1.